The lowest BCUT2D eigenvalue weighted by atomic mass is 10.1. The van der Waals surface area contributed by atoms with Gasteiger partial charge in [0.1, 0.15) is 0 Å². The first kappa shape index (κ1) is 11.3. The number of hydrogen-bond donors (Lipinski definition) is 0. The Bertz CT molecular complexity index is 401. The highest BCUT2D eigenvalue weighted by atomic mass is 19.3. The van der Waals surface area contributed by atoms with Gasteiger partial charge in [-0.25, -0.2) is 8.78 Å². The minimum absolute atomic E-state index is 0.100. The molecule has 0 atom stereocenters. The Balaban J connectivity index is 3.30. The number of ether oxygens (including phenoxy) is 1. The molecule has 0 bridgehead atoms. The highest BCUT2D eigenvalue weighted by Gasteiger charge is 2.21. The van der Waals surface area contributed by atoms with Crippen LogP contribution >= 0.6 is 0 Å². The first-order chi connectivity index (χ1) is 7.10. The van der Waals surface area contributed by atoms with E-state index in [4.69, 9.17) is 5.26 Å². The molecule has 1 heterocycles. The van der Waals surface area contributed by atoms with Gasteiger partial charge in [0.05, 0.1) is 25.2 Å². The molecule has 6 heteroatoms. The number of hydrogen-bond acceptors (Lipinski definition) is 3. The lowest BCUT2D eigenvalue weighted by Gasteiger charge is -2.08. The van der Waals surface area contributed by atoms with Gasteiger partial charge in [-0.2, -0.15) is 14.6 Å². The molecule has 0 saturated carbocycles. The highest BCUT2D eigenvalue weighted by molar-refractivity contribution is 5.33. The van der Waals surface area contributed by atoms with E-state index in [1.807, 2.05) is 0 Å². The van der Waals surface area contributed by atoms with Crippen molar-refractivity contribution in [3.63, 3.8) is 0 Å². The summed E-state index contributed by atoms with van der Waals surface area (Å²) in [5.41, 5.74) is -0.936. The summed E-state index contributed by atoms with van der Waals surface area (Å²) in [6.45, 7) is 0. The zero-order chi connectivity index (χ0) is 11.4. The fourth-order valence-corrected chi connectivity index (χ4v) is 1.11. The molecule has 0 amide bonds. The second kappa shape index (κ2) is 4.64. The SMILES string of the molecule is COc1cc(CC#N)c(C(F)F)c(F)n1. The predicted octanol–water partition coefficient (Wildman–Crippen LogP) is 2.23. The van der Waals surface area contributed by atoms with Crippen LogP contribution in [-0.4, -0.2) is 12.1 Å². The van der Waals surface area contributed by atoms with Crippen LogP contribution in [-0.2, 0) is 6.42 Å². The number of nitriles is 1. The highest BCUT2D eigenvalue weighted by Crippen LogP contribution is 2.27. The maximum atomic E-state index is 13.1. The van der Waals surface area contributed by atoms with Crippen molar-refractivity contribution in [3.8, 4) is 11.9 Å². The third kappa shape index (κ3) is 2.37. The van der Waals surface area contributed by atoms with Gasteiger partial charge >= 0.3 is 0 Å². The number of alkyl halides is 2. The van der Waals surface area contributed by atoms with Gasteiger partial charge in [0.25, 0.3) is 6.43 Å². The molecule has 0 aromatic carbocycles. The molecule has 0 aliphatic carbocycles. The third-order valence-corrected chi connectivity index (χ3v) is 1.77. The summed E-state index contributed by atoms with van der Waals surface area (Å²) in [5.74, 6) is -1.42. The molecule has 15 heavy (non-hydrogen) atoms. The van der Waals surface area contributed by atoms with Gasteiger partial charge in [0.15, 0.2) is 0 Å². The Morgan fingerprint density at radius 1 is 1.60 bits per heavy atom. The summed E-state index contributed by atoms with van der Waals surface area (Å²) in [5, 5.41) is 8.40. The van der Waals surface area contributed by atoms with E-state index in [0.29, 0.717) is 0 Å². The molecule has 1 aromatic heterocycles. The van der Waals surface area contributed by atoms with Gasteiger partial charge in [0, 0.05) is 6.07 Å². The molecule has 1 rings (SSSR count). The Morgan fingerprint density at radius 3 is 2.73 bits per heavy atom. The monoisotopic (exact) mass is 216 g/mol. The molecule has 0 radical (unpaired) electrons. The Hall–Kier alpha value is -1.77. The molecule has 0 aliphatic heterocycles. The Labute approximate surface area is 84.1 Å². The molecule has 1 aromatic rings. The molecular formula is C9H7F3N2O. The second-order valence-corrected chi connectivity index (χ2v) is 2.66. The fraction of sp³-hybridized carbons (Fsp3) is 0.333. The van der Waals surface area contributed by atoms with Crippen molar-refractivity contribution in [1.82, 2.24) is 4.98 Å². The molecular weight excluding hydrogens is 209 g/mol. The average molecular weight is 216 g/mol. The van der Waals surface area contributed by atoms with Crippen molar-refractivity contribution in [2.75, 3.05) is 7.11 Å². The van der Waals surface area contributed by atoms with E-state index in [-0.39, 0.29) is 17.9 Å². The van der Waals surface area contributed by atoms with E-state index >= 15 is 0 Å². The Kier molecular flexibility index (Phi) is 3.50. The van der Waals surface area contributed by atoms with Crippen LogP contribution in [0.1, 0.15) is 17.6 Å². The number of aromatic nitrogens is 1. The summed E-state index contributed by atoms with van der Waals surface area (Å²) in [7, 11) is 1.24. The molecule has 80 valence electrons. The molecule has 0 fully saturated rings. The quantitative estimate of drug-likeness (QED) is 0.728. The van der Waals surface area contributed by atoms with E-state index in [2.05, 4.69) is 9.72 Å². The van der Waals surface area contributed by atoms with Gasteiger partial charge in [0.2, 0.25) is 11.8 Å². The summed E-state index contributed by atoms with van der Waals surface area (Å²) < 4.78 is 42.5. The van der Waals surface area contributed by atoms with Crippen LogP contribution in [0.15, 0.2) is 6.07 Å². The summed E-state index contributed by atoms with van der Waals surface area (Å²) >= 11 is 0. The molecule has 0 saturated heterocycles. The second-order valence-electron chi connectivity index (χ2n) is 2.66. The lowest BCUT2D eigenvalue weighted by molar-refractivity contribution is 0.143. The number of halogens is 3. The van der Waals surface area contributed by atoms with Crippen molar-refractivity contribution in [3.05, 3.63) is 23.1 Å². The lowest BCUT2D eigenvalue weighted by Crippen LogP contribution is -2.03. The predicted molar refractivity (Wildman–Crippen MR) is 45.0 cm³/mol. The van der Waals surface area contributed by atoms with Crippen molar-refractivity contribution in [1.29, 1.82) is 5.26 Å². The number of pyridine rings is 1. The summed E-state index contributed by atoms with van der Waals surface area (Å²) in [6.07, 6.45) is -3.30. The summed E-state index contributed by atoms with van der Waals surface area (Å²) in [6, 6.07) is 2.81. The van der Waals surface area contributed by atoms with E-state index in [1.165, 1.54) is 7.11 Å². The van der Waals surface area contributed by atoms with Crippen LogP contribution in [0, 0.1) is 17.3 Å². The number of nitrogens with zero attached hydrogens (tertiary/aromatic N) is 2. The number of methoxy groups -OCH3 is 1. The van der Waals surface area contributed by atoms with Gasteiger partial charge in [-0.05, 0) is 5.56 Å². The van der Waals surface area contributed by atoms with Crippen molar-refractivity contribution in [2.24, 2.45) is 0 Å². The smallest absolute Gasteiger partial charge is 0.268 e. The topological polar surface area (TPSA) is 45.9 Å². The van der Waals surface area contributed by atoms with Crippen LogP contribution in [0.2, 0.25) is 0 Å². The van der Waals surface area contributed by atoms with Crippen LogP contribution in [0.25, 0.3) is 0 Å². The Morgan fingerprint density at radius 2 is 2.27 bits per heavy atom. The molecule has 0 spiro atoms. The van der Waals surface area contributed by atoms with E-state index < -0.39 is 17.9 Å². The number of rotatable bonds is 3. The minimum atomic E-state index is -2.99. The normalized spacial score (nSPS) is 10.1. The minimum Gasteiger partial charge on any atom is -0.481 e. The van der Waals surface area contributed by atoms with E-state index in [0.717, 1.165) is 6.07 Å². The van der Waals surface area contributed by atoms with Crippen molar-refractivity contribution < 1.29 is 17.9 Å². The average Bonchev–Trinajstić information content (AvgIpc) is 2.16. The first-order valence-electron chi connectivity index (χ1n) is 3.98. The maximum absolute atomic E-state index is 13.1. The zero-order valence-electron chi connectivity index (χ0n) is 7.80. The molecule has 0 N–H and O–H groups in total. The van der Waals surface area contributed by atoms with Gasteiger partial charge in [-0.15, -0.1) is 0 Å². The van der Waals surface area contributed by atoms with Crippen LogP contribution in [0.5, 0.6) is 5.88 Å². The molecule has 3 nitrogen and oxygen atoms in total. The zero-order valence-corrected chi connectivity index (χ0v) is 7.80. The van der Waals surface area contributed by atoms with Crippen LogP contribution in [0.3, 0.4) is 0 Å². The molecule has 0 unspecified atom stereocenters. The van der Waals surface area contributed by atoms with Crippen LogP contribution < -0.4 is 4.74 Å². The van der Waals surface area contributed by atoms with Crippen LogP contribution in [0.4, 0.5) is 13.2 Å². The van der Waals surface area contributed by atoms with Gasteiger partial charge < -0.3 is 4.74 Å². The fourth-order valence-electron chi connectivity index (χ4n) is 1.11. The third-order valence-electron chi connectivity index (χ3n) is 1.77. The van der Waals surface area contributed by atoms with Gasteiger partial charge in [-0.1, -0.05) is 0 Å². The largest absolute Gasteiger partial charge is 0.481 e. The van der Waals surface area contributed by atoms with Gasteiger partial charge in [-0.3, -0.25) is 0 Å². The summed E-state index contributed by atoms with van der Waals surface area (Å²) in [4.78, 5) is 3.18. The van der Waals surface area contributed by atoms with Crippen molar-refractivity contribution in [2.45, 2.75) is 12.8 Å². The standard InChI is InChI=1S/C9H7F3N2O/c1-15-6-4-5(2-3-13)7(8(10)11)9(12)14-6/h4,8H,2H2,1H3. The van der Waals surface area contributed by atoms with Crippen molar-refractivity contribution >= 4 is 0 Å². The van der Waals surface area contributed by atoms with E-state index in [9.17, 15) is 13.2 Å². The molecule has 0 aliphatic rings. The van der Waals surface area contributed by atoms with E-state index in [1.54, 1.807) is 6.07 Å². The maximum Gasteiger partial charge on any atom is 0.268 e. The first-order valence-corrected chi connectivity index (χ1v) is 3.98.